The smallest absolute Gasteiger partial charge is 0.291 e. The first-order chi connectivity index (χ1) is 17.9. The van der Waals surface area contributed by atoms with E-state index in [1.54, 1.807) is 46.5 Å². The lowest BCUT2D eigenvalue weighted by Gasteiger charge is -2.46. The maximum Gasteiger partial charge on any atom is 0.291 e. The van der Waals surface area contributed by atoms with Crippen LogP contribution in [-0.2, 0) is 0 Å². The summed E-state index contributed by atoms with van der Waals surface area (Å²) in [7, 11) is 0. The minimum Gasteiger partial charge on any atom is -0.332 e. The van der Waals surface area contributed by atoms with Crippen molar-refractivity contribution in [2.75, 3.05) is 19.6 Å². The van der Waals surface area contributed by atoms with Gasteiger partial charge in [-0.3, -0.25) is 14.7 Å². The van der Waals surface area contributed by atoms with Crippen molar-refractivity contribution in [3.8, 4) is 11.3 Å². The van der Waals surface area contributed by atoms with Crippen LogP contribution in [-0.4, -0.2) is 76.6 Å². The number of imidazole rings is 1. The second kappa shape index (κ2) is 9.30. The first-order valence-corrected chi connectivity index (χ1v) is 12.6. The molecule has 0 bridgehead atoms. The van der Waals surface area contributed by atoms with Crippen LogP contribution in [0.3, 0.4) is 0 Å². The van der Waals surface area contributed by atoms with Crippen molar-refractivity contribution in [2.45, 2.75) is 53.0 Å². The number of nitrogens with one attached hydrogen (secondary N) is 1. The Kier molecular flexibility index (Phi) is 6.24. The third-order valence-corrected chi connectivity index (χ3v) is 6.98. The fourth-order valence-electron chi connectivity index (χ4n) is 4.91. The summed E-state index contributed by atoms with van der Waals surface area (Å²) >= 11 is 0. The van der Waals surface area contributed by atoms with Crippen molar-refractivity contribution in [1.29, 1.82) is 0 Å². The van der Waals surface area contributed by atoms with Crippen LogP contribution in [0.5, 0.6) is 0 Å². The zero-order chi connectivity index (χ0) is 27.4. The molecule has 0 saturated carbocycles. The largest absolute Gasteiger partial charge is 0.332 e. The lowest BCUT2D eigenvalue weighted by Crippen LogP contribution is -2.62. The number of H-pyrrole nitrogens is 1. The zero-order valence-corrected chi connectivity index (χ0v) is 22.4. The summed E-state index contributed by atoms with van der Waals surface area (Å²) in [5.74, 6) is 0.0784. The molecule has 1 saturated heterocycles. The van der Waals surface area contributed by atoms with Crippen LogP contribution in [0, 0.1) is 19.7 Å². The van der Waals surface area contributed by atoms with Crippen LogP contribution >= 0.6 is 0 Å². The van der Waals surface area contributed by atoms with Crippen molar-refractivity contribution in [2.24, 2.45) is 0 Å². The summed E-state index contributed by atoms with van der Waals surface area (Å²) in [6.07, 6.45) is 1.65. The number of carbonyl (C=O) groups is 2. The molecular weight excluding hydrogens is 487 g/mol. The van der Waals surface area contributed by atoms with E-state index in [4.69, 9.17) is 10.1 Å². The van der Waals surface area contributed by atoms with Crippen LogP contribution in [0.15, 0.2) is 30.5 Å². The van der Waals surface area contributed by atoms with Crippen molar-refractivity contribution in [1.82, 2.24) is 39.6 Å². The fraction of sp³-hybridized carbons (Fsp3) is 0.407. The van der Waals surface area contributed by atoms with Crippen LogP contribution in [0.2, 0.25) is 0 Å². The van der Waals surface area contributed by atoms with E-state index in [0.29, 0.717) is 42.4 Å². The Hall–Kier alpha value is -4.15. The molecule has 0 radical (unpaired) electrons. The summed E-state index contributed by atoms with van der Waals surface area (Å²) in [5.41, 5.74) is 3.20. The van der Waals surface area contributed by atoms with Crippen molar-refractivity contribution in [3.63, 3.8) is 0 Å². The molecule has 1 aliphatic rings. The van der Waals surface area contributed by atoms with Crippen molar-refractivity contribution in [3.05, 3.63) is 64.7 Å². The number of hydrogen-bond donors (Lipinski definition) is 1. The van der Waals surface area contributed by atoms with Crippen LogP contribution in [0.1, 0.15) is 71.7 Å². The number of benzene rings is 1. The van der Waals surface area contributed by atoms with Crippen molar-refractivity contribution < 1.29 is 14.0 Å². The summed E-state index contributed by atoms with van der Waals surface area (Å²) in [6.45, 7) is 12.5. The normalized spacial score (nSPS) is 15.5. The number of aromatic nitrogens is 6. The standard InChI is InChI=1S/C27H31FN8O2/c1-15(2)19-12-21(18-7-8-20(28)16(3)11-18)33-36-13-22(30-24(19)36)25(37)35-10-9-34(14-27(35,5)6)26(38)23-29-17(4)31-32-23/h7-8,11-13,15H,9-10,14H2,1-6H3,(H,29,31,32). The summed E-state index contributed by atoms with van der Waals surface area (Å²) in [4.78, 5) is 38.9. The highest BCUT2D eigenvalue weighted by molar-refractivity contribution is 5.94. The van der Waals surface area contributed by atoms with Gasteiger partial charge in [0, 0.05) is 30.8 Å². The second-order valence-electron chi connectivity index (χ2n) is 10.7. The molecule has 1 aromatic carbocycles. The van der Waals surface area contributed by atoms with Crippen LogP contribution in [0.25, 0.3) is 16.9 Å². The summed E-state index contributed by atoms with van der Waals surface area (Å²) in [6, 6.07) is 6.85. The van der Waals surface area contributed by atoms with Gasteiger partial charge in [0.2, 0.25) is 5.82 Å². The molecule has 4 aromatic rings. The number of aryl methyl sites for hydroxylation is 2. The maximum atomic E-state index is 13.9. The first-order valence-electron chi connectivity index (χ1n) is 12.6. The van der Waals surface area contributed by atoms with Crippen LogP contribution < -0.4 is 0 Å². The molecule has 10 nitrogen and oxygen atoms in total. The van der Waals surface area contributed by atoms with E-state index < -0.39 is 5.54 Å². The van der Waals surface area contributed by atoms with Gasteiger partial charge in [-0.15, -0.1) is 0 Å². The predicted octanol–water partition coefficient (Wildman–Crippen LogP) is 3.77. The van der Waals surface area contributed by atoms with E-state index in [0.717, 1.165) is 11.1 Å². The minimum absolute atomic E-state index is 0.122. The third kappa shape index (κ3) is 4.52. The van der Waals surface area contributed by atoms with E-state index in [1.165, 1.54) is 6.07 Å². The van der Waals surface area contributed by atoms with E-state index in [2.05, 4.69) is 29.0 Å². The van der Waals surface area contributed by atoms with Gasteiger partial charge < -0.3 is 9.80 Å². The Morgan fingerprint density at radius 3 is 2.47 bits per heavy atom. The van der Waals surface area contributed by atoms with Crippen molar-refractivity contribution >= 4 is 17.5 Å². The molecular formula is C27H31FN8O2. The second-order valence-corrected chi connectivity index (χ2v) is 10.7. The van der Waals surface area contributed by atoms with Gasteiger partial charge in [0.05, 0.1) is 17.4 Å². The Morgan fingerprint density at radius 2 is 1.84 bits per heavy atom. The average molecular weight is 519 g/mol. The molecule has 1 N–H and O–H groups in total. The fourth-order valence-corrected chi connectivity index (χ4v) is 4.91. The molecule has 0 aliphatic carbocycles. The first kappa shape index (κ1) is 25.5. The predicted molar refractivity (Wildman–Crippen MR) is 139 cm³/mol. The molecule has 0 atom stereocenters. The highest BCUT2D eigenvalue weighted by Crippen LogP contribution is 2.28. The Balaban J connectivity index is 1.44. The molecule has 11 heteroatoms. The van der Waals surface area contributed by atoms with Gasteiger partial charge in [-0.25, -0.2) is 18.9 Å². The SMILES string of the molecule is Cc1n[nH]c(C(=O)N2CCN(C(=O)c3cn4nc(-c5ccc(F)c(C)c5)cc(C(C)C)c4n3)C(C)(C)C2)n1. The van der Waals surface area contributed by atoms with E-state index in [-0.39, 0.29) is 35.1 Å². The van der Waals surface area contributed by atoms with E-state index >= 15 is 0 Å². The zero-order valence-electron chi connectivity index (χ0n) is 22.4. The highest BCUT2D eigenvalue weighted by atomic mass is 19.1. The Morgan fingerprint density at radius 1 is 1.08 bits per heavy atom. The van der Waals surface area contributed by atoms with Gasteiger partial charge in [0.1, 0.15) is 17.3 Å². The molecule has 2 amide bonds. The van der Waals surface area contributed by atoms with Gasteiger partial charge in [0.15, 0.2) is 5.65 Å². The molecule has 4 heterocycles. The third-order valence-electron chi connectivity index (χ3n) is 6.98. The van der Waals surface area contributed by atoms with Gasteiger partial charge in [-0.05, 0) is 63.4 Å². The number of amides is 2. The molecule has 1 fully saturated rings. The van der Waals surface area contributed by atoms with Crippen LogP contribution in [0.4, 0.5) is 4.39 Å². The number of aromatic amines is 1. The molecule has 5 rings (SSSR count). The van der Waals surface area contributed by atoms with Gasteiger partial charge >= 0.3 is 0 Å². The van der Waals surface area contributed by atoms with E-state index in [9.17, 15) is 14.0 Å². The topological polar surface area (TPSA) is 112 Å². The Labute approximate surface area is 219 Å². The minimum atomic E-state index is -0.638. The lowest BCUT2D eigenvalue weighted by molar-refractivity contribution is 0.0160. The van der Waals surface area contributed by atoms with Gasteiger partial charge in [-0.2, -0.15) is 10.2 Å². The number of hydrogen-bond acceptors (Lipinski definition) is 6. The van der Waals surface area contributed by atoms with Gasteiger partial charge in [-0.1, -0.05) is 13.8 Å². The van der Waals surface area contributed by atoms with E-state index in [1.807, 2.05) is 19.9 Å². The van der Waals surface area contributed by atoms with Gasteiger partial charge in [0.25, 0.3) is 11.8 Å². The quantitative estimate of drug-likeness (QED) is 0.440. The maximum absolute atomic E-state index is 13.9. The Bertz CT molecular complexity index is 1550. The lowest BCUT2D eigenvalue weighted by atomic mass is 9.98. The number of fused-ring (bicyclic) bond motifs is 1. The molecule has 198 valence electrons. The molecule has 38 heavy (non-hydrogen) atoms. The molecule has 1 aliphatic heterocycles. The number of rotatable bonds is 4. The number of carbonyl (C=O) groups excluding carboxylic acids is 2. The molecule has 0 spiro atoms. The highest BCUT2D eigenvalue weighted by Gasteiger charge is 2.40. The number of halogens is 1. The number of piperazine rings is 1. The monoisotopic (exact) mass is 518 g/mol. The average Bonchev–Trinajstić information content (AvgIpc) is 3.49. The summed E-state index contributed by atoms with van der Waals surface area (Å²) in [5, 5.41) is 11.3. The molecule has 0 unspecified atom stereocenters. The number of nitrogens with zero attached hydrogens (tertiary/aromatic N) is 7. The summed E-state index contributed by atoms with van der Waals surface area (Å²) < 4.78 is 15.5. The molecule has 3 aromatic heterocycles.